The number of hydrogen-bond acceptors (Lipinski definition) is 6. The van der Waals surface area contributed by atoms with Crippen LogP contribution in [0.25, 0.3) is 0 Å². The van der Waals surface area contributed by atoms with Crippen molar-refractivity contribution in [3.8, 4) is 0 Å². The van der Waals surface area contributed by atoms with Crippen LogP contribution in [-0.2, 0) is 0 Å². The van der Waals surface area contributed by atoms with E-state index in [0.717, 1.165) is 31.1 Å². The molecule has 7 heteroatoms. The molecule has 21 heavy (non-hydrogen) atoms. The van der Waals surface area contributed by atoms with E-state index in [0.29, 0.717) is 17.1 Å². The van der Waals surface area contributed by atoms with Gasteiger partial charge in [0.15, 0.2) is 5.13 Å². The van der Waals surface area contributed by atoms with Gasteiger partial charge in [-0.25, -0.2) is 4.98 Å². The van der Waals surface area contributed by atoms with Crippen LogP contribution in [0, 0.1) is 0 Å². The van der Waals surface area contributed by atoms with Gasteiger partial charge in [-0.05, 0) is 26.2 Å². The van der Waals surface area contributed by atoms with Crippen molar-refractivity contribution in [3.05, 3.63) is 4.88 Å². The predicted octanol–water partition coefficient (Wildman–Crippen LogP) is 1.61. The van der Waals surface area contributed by atoms with Crippen molar-refractivity contribution in [2.75, 3.05) is 30.3 Å². The van der Waals surface area contributed by atoms with Crippen molar-refractivity contribution in [1.29, 1.82) is 0 Å². The summed E-state index contributed by atoms with van der Waals surface area (Å²) in [6.07, 6.45) is 5.36. The molecule has 1 aromatic heterocycles. The lowest BCUT2D eigenvalue weighted by Crippen LogP contribution is -2.33. The number of nitrogens with zero attached hydrogens (tertiary/aromatic N) is 2. The molecule has 0 aliphatic carbocycles. The smallest absolute Gasteiger partial charge is 0.265 e. The van der Waals surface area contributed by atoms with E-state index in [-0.39, 0.29) is 18.6 Å². The molecule has 1 saturated heterocycles. The summed E-state index contributed by atoms with van der Waals surface area (Å²) in [5.74, 6) is 0.0972. The zero-order valence-corrected chi connectivity index (χ0v) is 13.3. The quantitative estimate of drug-likeness (QED) is 0.768. The van der Waals surface area contributed by atoms with E-state index in [4.69, 9.17) is 10.8 Å². The molecule has 1 aromatic rings. The molecule has 6 nitrogen and oxygen atoms in total. The Bertz CT molecular complexity index is 470. The Morgan fingerprint density at radius 3 is 2.71 bits per heavy atom. The summed E-state index contributed by atoms with van der Waals surface area (Å²) in [4.78, 5) is 19.3. The van der Waals surface area contributed by atoms with Gasteiger partial charge in [0.05, 0.1) is 0 Å². The molecule has 1 fully saturated rings. The van der Waals surface area contributed by atoms with Crippen LogP contribution in [0.15, 0.2) is 0 Å². The van der Waals surface area contributed by atoms with E-state index in [9.17, 15) is 4.79 Å². The van der Waals surface area contributed by atoms with Gasteiger partial charge < -0.3 is 21.1 Å². The van der Waals surface area contributed by atoms with Gasteiger partial charge in [-0.1, -0.05) is 24.2 Å². The van der Waals surface area contributed by atoms with E-state index in [1.807, 2.05) is 6.92 Å². The Morgan fingerprint density at radius 2 is 2.10 bits per heavy atom. The first kappa shape index (κ1) is 16.0. The number of anilines is 2. The van der Waals surface area contributed by atoms with Crippen LogP contribution >= 0.6 is 11.3 Å². The van der Waals surface area contributed by atoms with Crippen LogP contribution in [0.2, 0.25) is 0 Å². The molecule has 4 N–H and O–H groups in total. The summed E-state index contributed by atoms with van der Waals surface area (Å²) in [5.41, 5.74) is 5.90. The number of aliphatic hydroxyl groups is 1. The van der Waals surface area contributed by atoms with E-state index < -0.39 is 0 Å². The van der Waals surface area contributed by atoms with Crippen molar-refractivity contribution in [2.24, 2.45) is 0 Å². The van der Waals surface area contributed by atoms with Crippen LogP contribution in [0.3, 0.4) is 0 Å². The Morgan fingerprint density at radius 1 is 1.43 bits per heavy atom. The van der Waals surface area contributed by atoms with Crippen molar-refractivity contribution in [1.82, 2.24) is 10.3 Å². The van der Waals surface area contributed by atoms with Gasteiger partial charge in [0.25, 0.3) is 5.91 Å². The van der Waals surface area contributed by atoms with E-state index in [1.54, 1.807) is 0 Å². The number of aromatic nitrogens is 1. The molecule has 1 unspecified atom stereocenters. The third-order valence-corrected chi connectivity index (χ3v) is 4.80. The van der Waals surface area contributed by atoms with Gasteiger partial charge in [-0.2, -0.15) is 0 Å². The first-order chi connectivity index (χ1) is 10.1. The molecule has 2 heterocycles. The summed E-state index contributed by atoms with van der Waals surface area (Å²) < 4.78 is 0. The second-order valence-electron chi connectivity index (χ2n) is 5.50. The monoisotopic (exact) mass is 312 g/mol. The SMILES string of the molecule is CC(CCO)NC(=O)c1sc(N2CCCCCC2)nc1N. The third kappa shape index (κ3) is 4.31. The van der Waals surface area contributed by atoms with Gasteiger partial charge >= 0.3 is 0 Å². The fourth-order valence-corrected chi connectivity index (χ4v) is 3.38. The standard InChI is InChI=1S/C14H24N4O2S/c1-10(6-9-19)16-13(20)11-12(15)17-14(21-11)18-7-4-2-3-5-8-18/h10,19H,2-9,15H2,1H3,(H,16,20). The summed E-state index contributed by atoms with van der Waals surface area (Å²) in [6.45, 7) is 3.88. The number of aliphatic hydroxyl groups excluding tert-OH is 1. The minimum Gasteiger partial charge on any atom is -0.396 e. The molecule has 1 atom stereocenters. The lowest BCUT2D eigenvalue weighted by molar-refractivity contribution is 0.0939. The lowest BCUT2D eigenvalue weighted by Gasteiger charge is -2.18. The number of amides is 1. The molecule has 1 aliphatic heterocycles. The highest BCUT2D eigenvalue weighted by atomic mass is 32.1. The van der Waals surface area contributed by atoms with E-state index >= 15 is 0 Å². The Kier molecular flexibility index (Phi) is 5.81. The van der Waals surface area contributed by atoms with Crippen molar-refractivity contribution < 1.29 is 9.90 Å². The average molecular weight is 312 g/mol. The number of thiazole rings is 1. The van der Waals surface area contributed by atoms with Crippen molar-refractivity contribution >= 4 is 28.2 Å². The topological polar surface area (TPSA) is 91.5 Å². The minimum absolute atomic E-state index is 0.0542. The number of nitrogen functional groups attached to an aromatic ring is 1. The van der Waals surface area contributed by atoms with Gasteiger partial charge in [0.1, 0.15) is 10.7 Å². The Labute approximate surface area is 129 Å². The van der Waals surface area contributed by atoms with Crippen LogP contribution in [0.4, 0.5) is 10.9 Å². The van der Waals surface area contributed by atoms with Gasteiger partial charge in [-0.3, -0.25) is 4.79 Å². The minimum atomic E-state index is -0.202. The zero-order valence-electron chi connectivity index (χ0n) is 12.5. The molecule has 2 rings (SSSR count). The number of nitrogens with two attached hydrogens (primary N) is 1. The molecular weight excluding hydrogens is 288 g/mol. The van der Waals surface area contributed by atoms with Gasteiger partial charge in [0.2, 0.25) is 0 Å². The second kappa shape index (κ2) is 7.61. The molecule has 0 saturated carbocycles. The molecular formula is C14H24N4O2S. The molecule has 0 radical (unpaired) electrons. The fourth-order valence-electron chi connectivity index (χ4n) is 2.44. The van der Waals surface area contributed by atoms with Gasteiger partial charge in [0, 0.05) is 25.7 Å². The number of carbonyl (C=O) groups excluding carboxylic acids is 1. The predicted molar refractivity (Wildman–Crippen MR) is 85.8 cm³/mol. The first-order valence-electron chi connectivity index (χ1n) is 7.54. The van der Waals surface area contributed by atoms with Gasteiger partial charge in [-0.15, -0.1) is 0 Å². The molecule has 1 amide bonds. The Hall–Kier alpha value is -1.34. The van der Waals surface area contributed by atoms with E-state index in [1.165, 1.54) is 24.2 Å². The molecule has 0 bridgehead atoms. The maximum Gasteiger partial charge on any atom is 0.265 e. The Balaban J connectivity index is 2.05. The summed E-state index contributed by atoms with van der Waals surface area (Å²) >= 11 is 1.36. The van der Waals surface area contributed by atoms with Crippen LogP contribution in [0.5, 0.6) is 0 Å². The third-order valence-electron chi connectivity index (χ3n) is 3.66. The fraction of sp³-hybridized carbons (Fsp3) is 0.714. The van der Waals surface area contributed by atoms with Crippen molar-refractivity contribution in [3.63, 3.8) is 0 Å². The number of hydrogen-bond donors (Lipinski definition) is 3. The summed E-state index contributed by atoms with van der Waals surface area (Å²) in [7, 11) is 0. The molecule has 1 aliphatic rings. The summed E-state index contributed by atoms with van der Waals surface area (Å²) in [6, 6.07) is -0.0781. The lowest BCUT2D eigenvalue weighted by atomic mass is 10.2. The highest BCUT2D eigenvalue weighted by Gasteiger charge is 2.21. The molecule has 118 valence electrons. The number of carbonyl (C=O) groups is 1. The van der Waals surface area contributed by atoms with Crippen molar-refractivity contribution in [2.45, 2.75) is 45.1 Å². The summed E-state index contributed by atoms with van der Waals surface area (Å²) in [5, 5.41) is 12.6. The highest BCUT2D eigenvalue weighted by molar-refractivity contribution is 7.18. The molecule has 0 spiro atoms. The van der Waals surface area contributed by atoms with Crippen LogP contribution < -0.4 is 16.0 Å². The second-order valence-corrected chi connectivity index (χ2v) is 6.48. The van der Waals surface area contributed by atoms with E-state index in [2.05, 4.69) is 15.2 Å². The largest absolute Gasteiger partial charge is 0.396 e. The maximum absolute atomic E-state index is 12.2. The van der Waals surface area contributed by atoms with Crippen LogP contribution in [-0.4, -0.2) is 41.7 Å². The highest BCUT2D eigenvalue weighted by Crippen LogP contribution is 2.29. The normalized spacial score (nSPS) is 17.3. The maximum atomic E-state index is 12.2. The van der Waals surface area contributed by atoms with Crippen LogP contribution in [0.1, 0.15) is 48.7 Å². The average Bonchev–Trinajstić information content (AvgIpc) is 2.66. The number of nitrogens with one attached hydrogen (secondary N) is 1. The first-order valence-corrected chi connectivity index (χ1v) is 8.36. The zero-order chi connectivity index (χ0) is 15.2. The number of rotatable bonds is 5. The molecule has 0 aromatic carbocycles.